The van der Waals surface area contributed by atoms with E-state index in [1.165, 1.54) is 0 Å². The van der Waals surface area contributed by atoms with Crippen LogP contribution in [-0.4, -0.2) is 179 Å². The van der Waals surface area contributed by atoms with Crippen molar-refractivity contribution in [2.45, 2.75) is 110 Å². The van der Waals surface area contributed by atoms with Crippen LogP contribution in [-0.2, 0) is 36.8 Å². The van der Waals surface area contributed by atoms with Crippen molar-refractivity contribution in [3.8, 4) is 0 Å². The molecule has 19 heteroatoms. The van der Waals surface area contributed by atoms with Gasteiger partial charge in [0.05, 0.1) is 6.54 Å². The number of amides is 3. The van der Waals surface area contributed by atoms with Gasteiger partial charge in [0.25, 0.3) is 0 Å². The summed E-state index contributed by atoms with van der Waals surface area (Å²) in [7, 11) is 0. The summed E-state index contributed by atoms with van der Waals surface area (Å²) in [6.07, 6.45) is 4.88. The standard InChI is InChI=1S/C55H83N9O9S/c1-4-61-29-30-62(5-2)33-34-64(40-51(68)69)47(39-63(6-3)32-31-61)37-41-21-24-46(25-22-41)59-55(74)58-27-12-7-8-17-48(65)38-45(36-42-20-23-43-15-9-10-16-44(43)35-42)52(70)56-26-13-11-18-49(53(71)72)60-54(73)57-28-14-19-50(66)67/h9-10,15-16,20-25,35,45,47,49H,4-8,11-14,17-19,26-34,36-40H2,1-3H3,(H,56,70)(H,66,67)(H,68,69)(H,71,72)(H2,57,60,73)(H2,58,59,74)/t45-,47?,49+/m1/s1. The highest BCUT2D eigenvalue weighted by atomic mass is 32.1. The number of nitrogens with zero attached hydrogens (tertiary/aromatic N) is 4. The summed E-state index contributed by atoms with van der Waals surface area (Å²) in [5.74, 6) is -3.83. The van der Waals surface area contributed by atoms with E-state index in [0.717, 1.165) is 106 Å². The highest BCUT2D eigenvalue weighted by molar-refractivity contribution is 7.80. The zero-order chi connectivity index (χ0) is 53.7. The molecule has 1 aliphatic heterocycles. The number of hydrogen-bond donors (Lipinski definition) is 8. The maximum atomic E-state index is 13.6. The Morgan fingerprint density at radius 2 is 1.27 bits per heavy atom. The van der Waals surface area contributed by atoms with E-state index in [-0.39, 0.29) is 63.0 Å². The lowest BCUT2D eigenvalue weighted by molar-refractivity contribution is -0.140. The number of carbonyl (C=O) groups is 6. The van der Waals surface area contributed by atoms with E-state index < -0.39 is 35.9 Å². The van der Waals surface area contributed by atoms with Crippen LogP contribution in [0.4, 0.5) is 10.5 Å². The molecule has 1 fully saturated rings. The molecule has 3 amide bonds. The van der Waals surface area contributed by atoms with E-state index in [1.54, 1.807) is 0 Å². The second-order valence-corrected chi connectivity index (χ2v) is 19.7. The van der Waals surface area contributed by atoms with E-state index in [9.17, 15) is 39.0 Å². The minimum Gasteiger partial charge on any atom is -0.481 e. The number of Topliss-reactive ketones (excluding diaryl/α,β-unsaturated/α-hetero) is 1. The normalized spacial score (nSPS) is 16.2. The average molecular weight is 1050 g/mol. The number of aliphatic carboxylic acids is 3. The van der Waals surface area contributed by atoms with Crippen LogP contribution in [0.25, 0.3) is 10.8 Å². The smallest absolute Gasteiger partial charge is 0.326 e. The first-order valence-corrected chi connectivity index (χ1v) is 27.1. The van der Waals surface area contributed by atoms with Gasteiger partial charge in [0, 0.05) is 102 Å². The molecule has 0 radical (unpaired) electrons. The molecule has 1 unspecified atom stereocenters. The Labute approximate surface area is 443 Å². The van der Waals surface area contributed by atoms with Gasteiger partial charge < -0.3 is 56.6 Å². The van der Waals surface area contributed by atoms with Gasteiger partial charge in [-0.1, -0.05) is 81.8 Å². The Balaban J connectivity index is 1.22. The van der Waals surface area contributed by atoms with E-state index >= 15 is 0 Å². The quantitative estimate of drug-likeness (QED) is 0.0296. The molecule has 74 heavy (non-hydrogen) atoms. The van der Waals surface area contributed by atoms with Crippen molar-refractivity contribution in [2.75, 3.05) is 96.9 Å². The van der Waals surface area contributed by atoms with Gasteiger partial charge in [-0.15, -0.1) is 0 Å². The number of unbranched alkanes of at least 4 members (excludes halogenated alkanes) is 3. The topological polar surface area (TPSA) is 236 Å². The molecule has 3 aromatic rings. The van der Waals surface area contributed by atoms with Crippen LogP contribution in [0.1, 0.15) is 96.1 Å². The number of carboxylic acid groups (broad SMARTS) is 3. The highest BCUT2D eigenvalue weighted by Crippen LogP contribution is 2.21. The molecule has 1 heterocycles. The first-order chi connectivity index (χ1) is 35.6. The van der Waals surface area contributed by atoms with Gasteiger partial charge in [0.1, 0.15) is 11.8 Å². The molecular weight excluding hydrogens is 963 g/mol. The monoisotopic (exact) mass is 1050 g/mol. The number of anilines is 1. The molecule has 3 aromatic carbocycles. The molecule has 1 aliphatic rings. The van der Waals surface area contributed by atoms with Gasteiger partial charge in [0.15, 0.2) is 5.11 Å². The first kappa shape index (κ1) is 60.8. The van der Waals surface area contributed by atoms with Crippen LogP contribution in [0, 0.1) is 5.92 Å². The molecule has 18 nitrogen and oxygen atoms in total. The van der Waals surface area contributed by atoms with Crippen LogP contribution < -0.4 is 26.6 Å². The maximum absolute atomic E-state index is 13.6. The van der Waals surface area contributed by atoms with Crippen LogP contribution in [0.3, 0.4) is 0 Å². The third kappa shape index (κ3) is 23.6. The van der Waals surface area contributed by atoms with Gasteiger partial charge in [-0.2, -0.15) is 0 Å². The molecule has 0 bridgehead atoms. The lowest BCUT2D eigenvalue weighted by atomic mass is 9.91. The number of fused-ring (bicyclic) bond motifs is 1. The van der Waals surface area contributed by atoms with Gasteiger partial charge in [-0.25, -0.2) is 9.59 Å². The van der Waals surface area contributed by atoms with Crippen LogP contribution in [0.2, 0.25) is 0 Å². The molecule has 0 aromatic heterocycles. The summed E-state index contributed by atoms with van der Waals surface area (Å²) in [5, 5.41) is 45.3. The average Bonchev–Trinajstić information content (AvgIpc) is 3.37. The highest BCUT2D eigenvalue weighted by Gasteiger charge is 2.26. The number of nitrogens with one attached hydrogen (secondary N) is 5. The number of carbonyl (C=O) groups excluding carboxylic acids is 3. The Bertz CT molecular complexity index is 2240. The number of urea groups is 1. The number of rotatable bonds is 30. The lowest BCUT2D eigenvalue weighted by Gasteiger charge is -2.38. The summed E-state index contributed by atoms with van der Waals surface area (Å²) in [4.78, 5) is 83.3. The van der Waals surface area contributed by atoms with E-state index in [2.05, 4.69) is 79.1 Å². The molecule has 4 rings (SSSR count). The van der Waals surface area contributed by atoms with Crippen molar-refractivity contribution in [1.82, 2.24) is 40.9 Å². The van der Waals surface area contributed by atoms with Crippen molar-refractivity contribution in [3.05, 3.63) is 77.9 Å². The van der Waals surface area contributed by atoms with Crippen molar-refractivity contribution in [1.29, 1.82) is 0 Å². The Hall–Kier alpha value is -5.73. The zero-order valence-electron chi connectivity index (χ0n) is 44.0. The number of thiocarbonyl (C=S) groups is 1. The number of carboxylic acids is 3. The molecule has 1 saturated heterocycles. The fourth-order valence-corrected chi connectivity index (χ4v) is 9.48. The maximum Gasteiger partial charge on any atom is 0.326 e. The van der Waals surface area contributed by atoms with E-state index in [0.29, 0.717) is 50.3 Å². The largest absolute Gasteiger partial charge is 0.481 e. The van der Waals surface area contributed by atoms with Crippen LogP contribution >= 0.6 is 12.2 Å². The summed E-state index contributed by atoms with van der Waals surface area (Å²) in [5.41, 5.74) is 2.92. The molecule has 0 spiro atoms. The summed E-state index contributed by atoms with van der Waals surface area (Å²) in [6, 6.07) is 20.4. The second kappa shape index (κ2) is 34.0. The van der Waals surface area contributed by atoms with Gasteiger partial charge >= 0.3 is 23.9 Å². The second-order valence-electron chi connectivity index (χ2n) is 19.3. The van der Waals surface area contributed by atoms with Crippen molar-refractivity contribution in [3.63, 3.8) is 0 Å². The van der Waals surface area contributed by atoms with Crippen molar-refractivity contribution >= 4 is 69.4 Å². The van der Waals surface area contributed by atoms with Crippen molar-refractivity contribution < 1.29 is 44.1 Å². The van der Waals surface area contributed by atoms with E-state index in [1.807, 2.05) is 54.6 Å². The first-order valence-electron chi connectivity index (χ1n) is 26.7. The van der Waals surface area contributed by atoms with Gasteiger partial charge in [-0.05, 0) is 117 Å². The van der Waals surface area contributed by atoms with Crippen molar-refractivity contribution in [2.24, 2.45) is 5.92 Å². The molecular formula is C55H83N9O9S. The molecule has 3 atom stereocenters. The molecule has 0 saturated carbocycles. The van der Waals surface area contributed by atoms with Gasteiger partial charge in [-0.3, -0.25) is 24.1 Å². The molecule has 408 valence electrons. The summed E-state index contributed by atoms with van der Waals surface area (Å²) < 4.78 is 0. The minimum atomic E-state index is -1.20. The Morgan fingerprint density at radius 3 is 1.93 bits per heavy atom. The Kier molecular flexibility index (Phi) is 27.9. The van der Waals surface area contributed by atoms with Crippen LogP contribution in [0.5, 0.6) is 0 Å². The fourth-order valence-electron chi connectivity index (χ4n) is 9.26. The fraction of sp³-hybridized carbons (Fsp3) is 0.582. The van der Waals surface area contributed by atoms with Crippen LogP contribution in [0.15, 0.2) is 66.7 Å². The number of ketones is 1. The summed E-state index contributed by atoms with van der Waals surface area (Å²) in [6.45, 7) is 16.6. The number of benzene rings is 3. The zero-order valence-corrected chi connectivity index (χ0v) is 44.8. The SMILES string of the molecule is CCN1CCN(CC)CCN(CC(=O)O)C(Cc2ccc(NC(=S)NCCCCCC(=O)C[C@@H](Cc3ccc4ccccc4c3)C(=O)NCCCC[C@H](NC(=O)NCCCC(=O)O)C(=O)O)cc2)CN(CC)CC1. The summed E-state index contributed by atoms with van der Waals surface area (Å²) >= 11 is 5.62. The van der Waals surface area contributed by atoms with Gasteiger partial charge in [0.2, 0.25) is 5.91 Å². The van der Waals surface area contributed by atoms with E-state index in [4.69, 9.17) is 17.3 Å². The number of likely N-dealkylation sites (N-methyl/N-ethyl adjacent to an activating group) is 3. The lowest BCUT2D eigenvalue weighted by Crippen LogP contribution is -2.52. The third-order valence-electron chi connectivity index (χ3n) is 13.8. The molecule has 8 N–H and O–H groups in total. The number of hydrogen-bond acceptors (Lipinski definition) is 11. The molecule has 0 aliphatic carbocycles. The Morgan fingerprint density at radius 1 is 0.649 bits per heavy atom. The third-order valence-corrected chi connectivity index (χ3v) is 14.0. The predicted octanol–water partition coefficient (Wildman–Crippen LogP) is 5.69. The minimum absolute atomic E-state index is 0.000421. The predicted molar refractivity (Wildman–Crippen MR) is 295 cm³/mol.